The van der Waals surface area contributed by atoms with Crippen LogP contribution < -0.4 is 4.74 Å². The molecule has 13 heavy (non-hydrogen) atoms. The summed E-state index contributed by atoms with van der Waals surface area (Å²) in [6.07, 6.45) is 0. The van der Waals surface area contributed by atoms with Crippen molar-refractivity contribution < 1.29 is 13.5 Å². The van der Waals surface area contributed by atoms with Gasteiger partial charge in [-0.2, -0.15) is 8.78 Å². The summed E-state index contributed by atoms with van der Waals surface area (Å²) in [5.41, 5.74) is 0.602. The molecular formula is C8H6Cl2F2O. The van der Waals surface area contributed by atoms with Crippen LogP contribution in [0.5, 0.6) is 5.75 Å². The maximum atomic E-state index is 11.8. The Morgan fingerprint density at radius 1 is 1.31 bits per heavy atom. The van der Waals surface area contributed by atoms with E-state index in [-0.39, 0.29) is 10.8 Å². The van der Waals surface area contributed by atoms with Crippen molar-refractivity contribution in [3.8, 4) is 5.75 Å². The van der Waals surface area contributed by atoms with Gasteiger partial charge in [-0.3, -0.25) is 0 Å². The van der Waals surface area contributed by atoms with Gasteiger partial charge in [0.25, 0.3) is 0 Å². The monoisotopic (exact) mass is 226 g/mol. The van der Waals surface area contributed by atoms with Gasteiger partial charge in [0.15, 0.2) is 0 Å². The molecule has 0 heterocycles. The number of hydrogen-bond donors (Lipinski definition) is 0. The summed E-state index contributed by atoms with van der Waals surface area (Å²) in [6.45, 7) is -1.23. The van der Waals surface area contributed by atoms with Gasteiger partial charge in [-0.15, -0.1) is 0 Å². The molecule has 1 nitrogen and oxygen atoms in total. The van der Waals surface area contributed by atoms with Crippen molar-refractivity contribution in [3.63, 3.8) is 0 Å². The van der Waals surface area contributed by atoms with E-state index in [1.807, 2.05) is 0 Å². The molecule has 1 aromatic carbocycles. The van der Waals surface area contributed by atoms with Gasteiger partial charge < -0.3 is 4.74 Å². The van der Waals surface area contributed by atoms with Crippen molar-refractivity contribution in [3.05, 3.63) is 27.7 Å². The Balaban J connectivity index is 3.05. The van der Waals surface area contributed by atoms with Gasteiger partial charge in [0.2, 0.25) is 0 Å². The van der Waals surface area contributed by atoms with E-state index in [1.165, 1.54) is 6.07 Å². The molecule has 1 rings (SSSR count). The van der Waals surface area contributed by atoms with Crippen LogP contribution in [0.3, 0.4) is 0 Å². The molecule has 0 amide bonds. The number of ether oxygens (including phenoxy) is 1. The van der Waals surface area contributed by atoms with E-state index < -0.39 is 6.61 Å². The summed E-state index contributed by atoms with van der Waals surface area (Å²) in [5, 5.41) is 0.474. The number of benzene rings is 1. The first-order valence-electron chi connectivity index (χ1n) is 3.41. The van der Waals surface area contributed by atoms with E-state index in [2.05, 4.69) is 4.74 Å². The minimum atomic E-state index is -2.89. The largest absolute Gasteiger partial charge is 0.433 e. The van der Waals surface area contributed by atoms with Crippen molar-refractivity contribution in [2.45, 2.75) is 13.5 Å². The zero-order chi connectivity index (χ0) is 10.0. The minimum absolute atomic E-state index is 0.0957. The van der Waals surface area contributed by atoms with E-state index in [0.717, 1.165) is 0 Å². The van der Waals surface area contributed by atoms with Crippen LogP contribution in [0.2, 0.25) is 10.0 Å². The molecule has 0 saturated carbocycles. The standard InChI is InChI=1S/C8H6Cl2F2O/c1-4-2-5(9)3-6(7(4)10)13-8(11)12/h2-3,8H,1H3. The predicted octanol–water partition coefficient (Wildman–Crippen LogP) is 3.90. The average molecular weight is 227 g/mol. The van der Waals surface area contributed by atoms with Crippen molar-refractivity contribution in [2.75, 3.05) is 0 Å². The first-order valence-corrected chi connectivity index (χ1v) is 4.16. The molecule has 0 bridgehead atoms. The summed E-state index contributed by atoms with van der Waals surface area (Å²) in [5.74, 6) is -0.0957. The predicted molar refractivity (Wildman–Crippen MR) is 47.8 cm³/mol. The molecule has 0 aliphatic rings. The van der Waals surface area contributed by atoms with Gasteiger partial charge in [0, 0.05) is 11.1 Å². The molecule has 0 radical (unpaired) electrons. The van der Waals surface area contributed by atoms with Crippen LogP contribution in [0.25, 0.3) is 0 Å². The zero-order valence-corrected chi connectivity index (χ0v) is 8.16. The molecule has 0 atom stereocenters. The van der Waals surface area contributed by atoms with Crippen molar-refractivity contribution in [1.82, 2.24) is 0 Å². The lowest BCUT2D eigenvalue weighted by Crippen LogP contribution is -2.02. The molecule has 0 saturated heterocycles. The van der Waals surface area contributed by atoms with Crippen LogP contribution in [0.15, 0.2) is 12.1 Å². The number of halogens is 4. The lowest BCUT2D eigenvalue weighted by atomic mass is 10.2. The smallest absolute Gasteiger partial charge is 0.387 e. The fourth-order valence-corrected chi connectivity index (χ4v) is 1.29. The number of aryl methyl sites for hydroxylation is 1. The highest BCUT2D eigenvalue weighted by Gasteiger charge is 2.11. The number of hydrogen-bond acceptors (Lipinski definition) is 1. The Labute approximate surface area is 84.2 Å². The molecule has 0 unspecified atom stereocenters. The van der Waals surface area contributed by atoms with E-state index in [0.29, 0.717) is 10.6 Å². The van der Waals surface area contributed by atoms with Gasteiger partial charge >= 0.3 is 6.61 Å². The molecular weight excluding hydrogens is 221 g/mol. The van der Waals surface area contributed by atoms with E-state index in [4.69, 9.17) is 23.2 Å². The highest BCUT2D eigenvalue weighted by atomic mass is 35.5. The molecule has 5 heteroatoms. The third kappa shape index (κ3) is 2.71. The van der Waals surface area contributed by atoms with Crippen LogP contribution in [-0.2, 0) is 0 Å². The second-order valence-electron chi connectivity index (χ2n) is 2.41. The maximum absolute atomic E-state index is 11.8. The molecule has 0 spiro atoms. The van der Waals surface area contributed by atoms with Gasteiger partial charge in [-0.25, -0.2) is 0 Å². The number of rotatable bonds is 2. The molecule has 72 valence electrons. The fourth-order valence-electron chi connectivity index (χ4n) is 0.877. The Morgan fingerprint density at radius 2 is 1.92 bits per heavy atom. The first kappa shape index (κ1) is 10.5. The SMILES string of the molecule is Cc1cc(Cl)cc(OC(F)F)c1Cl. The van der Waals surface area contributed by atoms with Gasteiger partial charge in [-0.05, 0) is 18.6 Å². The van der Waals surface area contributed by atoms with Crippen molar-refractivity contribution in [1.29, 1.82) is 0 Å². The van der Waals surface area contributed by atoms with Crippen molar-refractivity contribution in [2.24, 2.45) is 0 Å². The first-order chi connectivity index (χ1) is 6.00. The molecule has 0 N–H and O–H groups in total. The fraction of sp³-hybridized carbons (Fsp3) is 0.250. The van der Waals surface area contributed by atoms with Gasteiger partial charge in [0.05, 0.1) is 5.02 Å². The molecule has 0 fully saturated rings. The van der Waals surface area contributed by atoms with Crippen molar-refractivity contribution >= 4 is 23.2 Å². The molecule has 1 aromatic rings. The third-order valence-electron chi connectivity index (χ3n) is 1.40. The summed E-state index contributed by atoms with van der Waals surface area (Å²) < 4.78 is 27.8. The quantitative estimate of drug-likeness (QED) is 0.744. The molecule has 0 aliphatic heterocycles. The Kier molecular flexibility index (Phi) is 3.33. The third-order valence-corrected chi connectivity index (χ3v) is 2.10. The normalized spacial score (nSPS) is 10.6. The minimum Gasteiger partial charge on any atom is -0.433 e. The van der Waals surface area contributed by atoms with Gasteiger partial charge in [0.1, 0.15) is 5.75 Å². The highest BCUT2D eigenvalue weighted by molar-refractivity contribution is 6.34. The molecule has 0 aromatic heterocycles. The van der Waals surface area contributed by atoms with Crippen LogP contribution in [0.1, 0.15) is 5.56 Å². The summed E-state index contributed by atoms with van der Waals surface area (Å²) in [7, 11) is 0. The maximum Gasteiger partial charge on any atom is 0.387 e. The van der Waals surface area contributed by atoms with E-state index >= 15 is 0 Å². The van der Waals surface area contributed by atoms with Crippen LogP contribution in [-0.4, -0.2) is 6.61 Å². The topological polar surface area (TPSA) is 9.23 Å². The Morgan fingerprint density at radius 3 is 2.46 bits per heavy atom. The van der Waals surface area contributed by atoms with Crippen LogP contribution >= 0.6 is 23.2 Å². The lowest BCUT2D eigenvalue weighted by Gasteiger charge is -2.08. The lowest BCUT2D eigenvalue weighted by molar-refractivity contribution is -0.0497. The summed E-state index contributed by atoms with van der Waals surface area (Å²) in [4.78, 5) is 0. The van der Waals surface area contributed by atoms with Crippen LogP contribution in [0, 0.1) is 6.92 Å². The Bertz CT molecular complexity index is 315. The Hall–Kier alpha value is -0.540. The summed E-state index contributed by atoms with van der Waals surface area (Å²) in [6, 6.07) is 2.82. The second-order valence-corrected chi connectivity index (χ2v) is 3.23. The van der Waals surface area contributed by atoms with E-state index in [1.54, 1.807) is 13.0 Å². The highest BCUT2D eigenvalue weighted by Crippen LogP contribution is 2.32. The number of alkyl halides is 2. The molecule has 0 aliphatic carbocycles. The van der Waals surface area contributed by atoms with Gasteiger partial charge in [-0.1, -0.05) is 23.2 Å². The van der Waals surface area contributed by atoms with E-state index in [9.17, 15) is 8.78 Å². The second kappa shape index (κ2) is 4.11. The zero-order valence-electron chi connectivity index (χ0n) is 6.65. The van der Waals surface area contributed by atoms with Crippen LogP contribution in [0.4, 0.5) is 8.78 Å². The summed E-state index contributed by atoms with van der Waals surface area (Å²) >= 11 is 11.3. The average Bonchev–Trinajstić information content (AvgIpc) is 1.98.